The number of anilines is 1. The molecule has 1 aliphatic carbocycles. The summed E-state index contributed by atoms with van der Waals surface area (Å²) in [7, 11) is 0. The molecule has 1 aromatic carbocycles. The van der Waals surface area contributed by atoms with Crippen LogP contribution in [0.1, 0.15) is 39.5 Å². The molecule has 1 aromatic heterocycles. The number of hydrogen-bond donors (Lipinski definition) is 1. The lowest BCUT2D eigenvalue weighted by atomic mass is 9.73. The van der Waals surface area contributed by atoms with Crippen LogP contribution in [0.5, 0.6) is 0 Å². The van der Waals surface area contributed by atoms with Gasteiger partial charge >= 0.3 is 0 Å². The molecular weight excluding hydrogens is 270 g/mol. The largest absolute Gasteiger partial charge is 0.424 e. The zero-order chi connectivity index (χ0) is 15.0. The standard InChI is InChI=1S/C15H19N3O3/c1-15(2)8-4-3-5-13(15)17-14-16-11-9-10(18(19)20)6-7-12(11)21-14/h6-7,9,13H,3-5,8H2,1-2H3,(H,16,17). The molecule has 1 aliphatic rings. The molecule has 1 unspecified atom stereocenters. The number of nitro benzene ring substituents is 1. The summed E-state index contributed by atoms with van der Waals surface area (Å²) in [6.07, 6.45) is 4.72. The molecule has 0 amide bonds. The first-order valence-corrected chi connectivity index (χ1v) is 7.27. The Morgan fingerprint density at radius 1 is 1.43 bits per heavy atom. The molecule has 0 saturated heterocycles. The fraction of sp³-hybridized carbons (Fsp3) is 0.533. The second kappa shape index (κ2) is 5.02. The lowest BCUT2D eigenvalue weighted by molar-refractivity contribution is -0.384. The third-order valence-corrected chi connectivity index (χ3v) is 4.39. The summed E-state index contributed by atoms with van der Waals surface area (Å²) in [6.45, 7) is 4.49. The van der Waals surface area contributed by atoms with Crippen molar-refractivity contribution in [3.8, 4) is 0 Å². The lowest BCUT2D eigenvalue weighted by Crippen LogP contribution is -2.38. The predicted octanol–water partition coefficient (Wildman–Crippen LogP) is 4.12. The van der Waals surface area contributed by atoms with Gasteiger partial charge in [-0.3, -0.25) is 10.1 Å². The lowest BCUT2D eigenvalue weighted by Gasteiger charge is -2.38. The van der Waals surface area contributed by atoms with Gasteiger partial charge in [0, 0.05) is 18.2 Å². The molecule has 6 nitrogen and oxygen atoms in total. The number of non-ortho nitro benzene ring substituents is 1. The van der Waals surface area contributed by atoms with Crippen molar-refractivity contribution < 1.29 is 9.34 Å². The maximum Gasteiger partial charge on any atom is 0.295 e. The van der Waals surface area contributed by atoms with E-state index in [1.54, 1.807) is 6.07 Å². The number of aromatic nitrogens is 1. The van der Waals surface area contributed by atoms with Crippen molar-refractivity contribution in [2.24, 2.45) is 5.41 Å². The molecule has 21 heavy (non-hydrogen) atoms. The highest BCUT2D eigenvalue weighted by atomic mass is 16.6. The van der Waals surface area contributed by atoms with Gasteiger partial charge in [-0.05, 0) is 24.3 Å². The molecule has 1 N–H and O–H groups in total. The van der Waals surface area contributed by atoms with Crippen LogP contribution in [-0.2, 0) is 0 Å². The van der Waals surface area contributed by atoms with E-state index < -0.39 is 4.92 Å². The van der Waals surface area contributed by atoms with Crippen LogP contribution >= 0.6 is 0 Å². The van der Waals surface area contributed by atoms with Crippen molar-refractivity contribution in [3.63, 3.8) is 0 Å². The summed E-state index contributed by atoms with van der Waals surface area (Å²) in [5.41, 5.74) is 1.31. The highest BCUT2D eigenvalue weighted by Gasteiger charge is 2.33. The van der Waals surface area contributed by atoms with E-state index in [2.05, 4.69) is 24.1 Å². The van der Waals surface area contributed by atoms with Gasteiger partial charge < -0.3 is 9.73 Å². The van der Waals surface area contributed by atoms with Crippen LogP contribution in [0.2, 0.25) is 0 Å². The summed E-state index contributed by atoms with van der Waals surface area (Å²) in [5, 5.41) is 14.1. The van der Waals surface area contributed by atoms with Crippen molar-refractivity contribution in [3.05, 3.63) is 28.3 Å². The zero-order valence-electron chi connectivity index (χ0n) is 12.3. The number of nitrogens with one attached hydrogen (secondary N) is 1. The number of hydrogen-bond acceptors (Lipinski definition) is 5. The minimum Gasteiger partial charge on any atom is -0.424 e. The summed E-state index contributed by atoms with van der Waals surface area (Å²) in [4.78, 5) is 14.7. The van der Waals surface area contributed by atoms with Crippen LogP contribution in [0.25, 0.3) is 11.1 Å². The van der Waals surface area contributed by atoms with Gasteiger partial charge in [-0.1, -0.05) is 26.7 Å². The molecule has 0 bridgehead atoms. The van der Waals surface area contributed by atoms with Gasteiger partial charge in [0.05, 0.1) is 4.92 Å². The number of rotatable bonds is 3. The van der Waals surface area contributed by atoms with E-state index in [9.17, 15) is 10.1 Å². The summed E-state index contributed by atoms with van der Waals surface area (Å²) < 4.78 is 5.65. The Hall–Kier alpha value is -2.11. The van der Waals surface area contributed by atoms with Gasteiger partial charge in [-0.25, -0.2) is 0 Å². The van der Waals surface area contributed by atoms with E-state index in [0.29, 0.717) is 23.2 Å². The molecule has 112 valence electrons. The third kappa shape index (κ3) is 2.70. The Labute approximate surface area is 122 Å². The summed E-state index contributed by atoms with van der Waals surface area (Å²) >= 11 is 0. The fourth-order valence-electron chi connectivity index (χ4n) is 3.00. The van der Waals surface area contributed by atoms with Crippen LogP contribution in [0.15, 0.2) is 22.6 Å². The van der Waals surface area contributed by atoms with E-state index in [4.69, 9.17) is 4.42 Å². The van der Waals surface area contributed by atoms with E-state index in [1.165, 1.54) is 31.4 Å². The number of oxazole rings is 1. The molecule has 1 heterocycles. The molecule has 0 spiro atoms. The Morgan fingerprint density at radius 2 is 2.24 bits per heavy atom. The van der Waals surface area contributed by atoms with Gasteiger partial charge in [0.15, 0.2) is 5.58 Å². The minimum absolute atomic E-state index is 0.0281. The monoisotopic (exact) mass is 289 g/mol. The summed E-state index contributed by atoms with van der Waals surface area (Å²) in [5.74, 6) is 0. The zero-order valence-corrected chi connectivity index (χ0v) is 12.3. The number of nitro groups is 1. The van der Waals surface area contributed by atoms with Gasteiger partial charge in [0.2, 0.25) is 0 Å². The molecule has 2 aromatic rings. The predicted molar refractivity (Wildman–Crippen MR) is 80.3 cm³/mol. The van der Waals surface area contributed by atoms with Crippen molar-refractivity contribution >= 4 is 22.8 Å². The van der Waals surface area contributed by atoms with Crippen molar-refractivity contribution in [2.45, 2.75) is 45.6 Å². The van der Waals surface area contributed by atoms with Gasteiger partial charge in [-0.15, -0.1) is 0 Å². The van der Waals surface area contributed by atoms with Gasteiger partial charge in [0.25, 0.3) is 11.7 Å². The third-order valence-electron chi connectivity index (χ3n) is 4.39. The van der Waals surface area contributed by atoms with Gasteiger partial charge in [0.1, 0.15) is 5.52 Å². The Balaban J connectivity index is 1.86. The topological polar surface area (TPSA) is 81.2 Å². The number of nitrogens with zero attached hydrogens (tertiary/aromatic N) is 2. The first kappa shape index (κ1) is 13.9. The molecule has 3 rings (SSSR count). The molecule has 1 fully saturated rings. The molecule has 0 aliphatic heterocycles. The molecule has 0 radical (unpaired) electrons. The van der Waals surface area contributed by atoms with E-state index in [-0.39, 0.29) is 11.1 Å². The Bertz CT molecular complexity index is 678. The average molecular weight is 289 g/mol. The SMILES string of the molecule is CC1(C)CCCCC1Nc1nc2cc([N+](=O)[O-])ccc2o1. The number of fused-ring (bicyclic) bond motifs is 1. The van der Waals surface area contributed by atoms with E-state index in [0.717, 1.165) is 6.42 Å². The van der Waals surface area contributed by atoms with Crippen LogP contribution in [0.3, 0.4) is 0 Å². The number of benzene rings is 1. The smallest absolute Gasteiger partial charge is 0.295 e. The normalized spacial score (nSPS) is 21.3. The first-order chi connectivity index (χ1) is 9.95. The maximum absolute atomic E-state index is 10.8. The van der Waals surface area contributed by atoms with E-state index >= 15 is 0 Å². The van der Waals surface area contributed by atoms with Crippen molar-refractivity contribution in [2.75, 3.05) is 5.32 Å². The summed E-state index contributed by atoms with van der Waals surface area (Å²) in [6, 6.07) is 5.23. The Kier molecular flexibility index (Phi) is 3.31. The van der Waals surface area contributed by atoms with E-state index in [1.807, 2.05) is 0 Å². The second-order valence-corrected chi connectivity index (χ2v) is 6.36. The molecular formula is C15H19N3O3. The maximum atomic E-state index is 10.8. The van der Waals surface area contributed by atoms with Crippen LogP contribution in [0.4, 0.5) is 11.7 Å². The van der Waals surface area contributed by atoms with Crippen molar-refractivity contribution in [1.82, 2.24) is 4.98 Å². The fourth-order valence-corrected chi connectivity index (χ4v) is 3.00. The van der Waals surface area contributed by atoms with Crippen molar-refractivity contribution in [1.29, 1.82) is 0 Å². The minimum atomic E-state index is -0.425. The molecule has 1 atom stereocenters. The second-order valence-electron chi connectivity index (χ2n) is 6.36. The quantitative estimate of drug-likeness (QED) is 0.679. The van der Waals surface area contributed by atoms with Gasteiger partial charge in [-0.2, -0.15) is 4.98 Å². The highest BCUT2D eigenvalue weighted by molar-refractivity contribution is 5.77. The van der Waals surface area contributed by atoms with Crippen LogP contribution < -0.4 is 5.32 Å². The molecule has 1 saturated carbocycles. The van der Waals surface area contributed by atoms with Crippen LogP contribution in [-0.4, -0.2) is 15.9 Å². The van der Waals surface area contributed by atoms with Crippen LogP contribution in [0, 0.1) is 15.5 Å². The highest BCUT2D eigenvalue weighted by Crippen LogP contribution is 2.37. The molecule has 6 heteroatoms. The average Bonchev–Trinajstić information content (AvgIpc) is 2.82. The first-order valence-electron chi connectivity index (χ1n) is 7.27. The Morgan fingerprint density at radius 3 is 2.95 bits per heavy atom.